The first-order valence-corrected chi connectivity index (χ1v) is 6.59. The lowest BCUT2D eigenvalue weighted by Crippen LogP contribution is -2.24. The summed E-state index contributed by atoms with van der Waals surface area (Å²) in [6.07, 6.45) is 2.53. The Kier molecular flexibility index (Phi) is 5.07. The third-order valence-corrected chi connectivity index (χ3v) is 3.18. The molecule has 102 valence electrons. The Morgan fingerprint density at radius 1 is 0.850 bits per heavy atom. The predicted molar refractivity (Wildman–Crippen MR) is 78.4 cm³/mol. The molecule has 0 radical (unpaired) electrons. The number of carbonyl (C=O) groups excluding carboxylic acids is 2. The van der Waals surface area contributed by atoms with Crippen LogP contribution in [-0.2, 0) is 17.8 Å². The van der Waals surface area contributed by atoms with Crippen molar-refractivity contribution >= 4 is 12.7 Å². The molecule has 3 nitrogen and oxygen atoms in total. The lowest BCUT2D eigenvalue weighted by molar-refractivity contribution is -0.118. The van der Waals surface area contributed by atoms with Crippen molar-refractivity contribution in [1.82, 2.24) is 4.90 Å². The normalized spacial score (nSPS) is 10.0. The van der Waals surface area contributed by atoms with E-state index in [0.29, 0.717) is 18.7 Å². The summed E-state index contributed by atoms with van der Waals surface area (Å²) in [5.74, 6) is 0. The minimum Gasteiger partial charge on any atom is -0.341 e. The highest BCUT2D eigenvalue weighted by molar-refractivity contribution is 5.74. The zero-order chi connectivity index (χ0) is 14.2. The van der Waals surface area contributed by atoms with Crippen molar-refractivity contribution in [2.75, 3.05) is 6.54 Å². The second-order valence-corrected chi connectivity index (χ2v) is 4.67. The van der Waals surface area contributed by atoms with Crippen LogP contribution in [0.1, 0.15) is 21.5 Å². The van der Waals surface area contributed by atoms with Crippen molar-refractivity contribution in [3.05, 3.63) is 71.3 Å². The van der Waals surface area contributed by atoms with Crippen molar-refractivity contribution < 1.29 is 9.59 Å². The van der Waals surface area contributed by atoms with Crippen molar-refractivity contribution in [3.63, 3.8) is 0 Å². The van der Waals surface area contributed by atoms with Gasteiger partial charge in [-0.25, -0.2) is 0 Å². The first-order valence-electron chi connectivity index (χ1n) is 6.59. The number of carbonyl (C=O) groups is 2. The number of rotatable bonds is 7. The molecule has 2 aromatic rings. The van der Waals surface area contributed by atoms with E-state index in [4.69, 9.17) is 0 Å². The predicted octanol–water partition coefficient (Wildman–Crippen LogP) is 2.70. The largest absolute Gasteiger partial charge is 0.341 e. The second-order valence-electron chi connectivity index (χ2n) is 4.67. The molecule has 0 saturated heterocycles. The van der Waals surface area contributed by atoms with E-state index in [-0.39, 0.29) is 0 Å². The summed E-state index contributed by atoms with van der Waals surface area (Å²) < 4.78 is 0. The van der Waals surface area contributed by atoms with Gasteiger partial charge in [0.05, 0.1) is 0 Å². The van der Waals surface area contributed by atoms with Crippen LogP contribution in [-0.4, -0.2) is 24.1 Å². The Bertz CT molecular complexity index is 549. The molecule has 0 heterocycles. The van der Waals surface area contributed by atoms with Crippen LogP contribution in [0.5, 0.6) is 0 Å². The van der Waals surface area contributed by atoms with Crippen molar-refractivity contribution in [1.29, 1.82) is 0 Å². The molecule has 0 aromatic heterocycles. The lowest BCUT2D eigenvalue weighted by atomic mass is 10.1. The molecule has 0 N–H and O–H groups in total. The summed E-state index contributed by atoms with van der Waals surface area (Å²) in [4.78, 5) is 23.5. The average molecular weight is 267 g/mol. The van der Waals surface area contributed by atoms with Gasteiger partial charge in [-0.05, 0) is 17.5 Å². The summed E-state index contributed by atoms with van der Waals surface area (Å²) in [6.45, 7) is 1.25. The van der Waals surface area contributed by atoms with Crippen LogP contribution in [0.4, 0.5) is 0 Å². The maximum absolute atomic E-state index is 11.1. The van der Waals surface area contributed by atoms with Gasteiger partial charge in [-0.3, -0.25) is 9.59 Å². The molecule has 0 aliphatic carbocycles. The third kappa shape index (κ3) is 4.05. The molecule has 0 fully saturated rings. The minimum absolute atomic E-state index is 0.565. The van der Waals surface area contributed by atoms with Gasteiger partial charge in [0.15, 0.2) is 0 Å². The number of hydrogen-bond donors (Lipinski definition) is 0. The molecule has 0 bridgehead atoms. The molecule has 3 heteroatoms. The molecule has 1 amide bonds. The van der Waals surface area contributed by atoms with E-state index in [1.54, 1.807) is 17.0 Å². The molecule has 0 aliphatic rings. The van der Waals surface area contributed by atoms with E-state index >= 15 is 0 Å². The van der Waals surface area contributed by atoms with E-state index in [2.05, 4.69) is 12.1 Å². The second kappa shape index (κ2) is 7.24. The van der Waals surface area contributed by atoms with E-state index in [1.165, 1.54) is 5.56 Å². The zero-order valence-electron chi connectivity index (χ0n) is 11.2. The Labute approximate surface area is 118 Å². The Hall–Kier alpha value is -2.42. The van der Waals surface area contributed by atoms with Gasteiger partial charge in [-0.2, -0.15) is 0 Å². The van der Waals surface area contributed by atoms with Crippen molar-refractivity contribution in [3.8, 4) is 0 Å². The summed E-state index contributed by atoms with van der Waals surface area (Å²) in [6, 6.07) is 17.4. The van der Waals surface area contributed by atoms with Crippen LogP contribution >= 0.6 is 0 Å². The van der Waals surface area contributed by atoms with Crippen molar-refractivity contribution in [2.45, 2.75) is 13.0 Å². The number of amides is 1. The SMILES string of the molecule is O=Cc1ccc(CN(C=O)CCc2ccccc2)cc1. The first kappa shape index (κ1) is 14.0. The minimum atomic E-state index is 0.565. The van der Waals surface area contributed by atoms with Crippen LogP contribution in [0, 0.1) is 0 Å². The van der Waals surface area contributed by atoms with Crippen LogP contribution in [0.2, 0.25) is 0 Å². The summed E-state index contributed by atoms with van der Waals surface area (Å²) >= 11 is 0. The van der Waals surface area contributed by atoms with E-state index in [9.17, 15) is 9.59 Å². The van der Waals surface area contributed by atoms with Gasteiger partial charge in [0.2, 0.25) is 6.41 Å². The Balaban J connectivity index is 1.91. The molecule has 0 saturated carbocycles. The summed E-state index contributed by atoms with van der Waals surface area (Å²) in [5.41, 5.74) is 2.89. The number of aldehydes is 1. The fourth-order valence-electron chi connectivity index (χ4n) is 2.02. The Morgan fingerprint density at radius 3 is 2.15 bits per heavy atom. The zero-order valence-corrected chi connectivity index (χ0v) is 11.2. The maximum atomic E-state index is 11.1. The molecule has 0 aliphatic heterocycles. The van der Waals surface area contributed by atoms with Gasteiger partial charge < -0.3 is 4.90 Å². The average Bonchev–Trinajstić information content (AvgIpc) is 2.53. The fourth-order valence-corrected chi connectivity index (χ4v) is 2.02. The maximum Gasteiger partial charge on any atom is 0.210 e. The molecule has 2 aromatic carbocycles. The molecule has 0 spiro atoms. The summed E-state index contributed by atoms with van der Waals surface area (Å²) in [5, 5.41) is 0. The van der Waals surface area contributed by atoms with E-state index in [1.807, 2.05) is 30.3 Å². The van der Waals surface area contributed by atoms with Gasteiger partial charge in [-0.15, -0.1) is 0 Å². The summed E-state index contributed by atoms with van der Waals surface area (Å²) in [7, 11) is 0. The van der Waals surface area contributed by atoms with E-state index in [0.717, 1.165) is 24.7 Å². The lowest BCUT2D eigenvalue weighted by Gasteiger charge is -2.17. The fraction of sp³-hybridized carbons (Fsp3) is 0.176. The van der Waals surface area contributed by atoms with Crippen LogP contribution in [0.3, 0.4) is 0 Å². The number of hydrogen-bond acceptors (Lipinski definition) is 2. The van der Waals surface area contributed by atoms with Crippen LogP contribution < -0.4 is 0 Å². The Morgan fingerprint density at radius 2 is 1.55 bits per heavy atom. The number of benzene rings is 2. The highest BCUT2D eigenvalue weighted by atomic mass is 16.1. The third-order valence-electron chi connectivity index (χ3n) is 3.18. The molecular formula is C17H17NO2. The van der Waals surface area contributed by atoms with Crippen LogP contribution in [0.15, 0.2) is 54.6 Å². The van der Waals surface area contributed by atoms with Gasteiger partial charge in [0, 0.05) is 18.7 Å². The molecule has 20 heavy (non-hydrogen) atoms. The smallest absolute Gasteiger partial charge is 0.210 e. The highest BCUT2D eigenvalue weighted by Crippen LogP contribution is 2.07. The van der Waals surface area contributed by atoms with Gasteiger partial charge in [-0.1, -0.05) is 54.6 Å². The van der Waals surface area contributed by atoms with Gasteiger partial charge >= 0.3 is 0 Å². The number of nitrogens with zero attached hydrogens (tertiary/aromatic N) is 1. The van der Waals surface area contributed by atoms with Gasteiger partial charge in [0.1, 0.15) is 6.29 Å². The molecule has 0 atom stereocenters. The highest BCUT2D eigenvalue weighted by Gasteiger charge is 2.04. The standard InChI is InChI=1S/C17H17NO2/c19-13-17-8-6-16(7-9-17)12-18(14-20)11-10-15-4-2-1-3-5-15/h1-9,13-14H,10-12H2. The van der Waals surface area contributed by atoms with Crippen LogP contribution in [0.25, 0.3) is 0 Å². The molecule has 0 unspecified atom stereocenters. The van der Waals surface area contributed by atoms with Crippen molar-refractivity contribution in [2.24, 2.45) is 0 Å². The van der Waals surface area contributed by atoms with Gasteiger partial charge in [0.25, 0.3) is 0 Å². The first-order chi connectivity index (χ1) is 9.81. The monoisotopic (exact) mass is 267 g/mol. The molecular weight excluding hydrogens is 250 g/mol. The van der Waals surface area contributed by atoms with E-state index < -0.39 is 0 Å². The topological polar surface area (TPSA) is 37.4 Å². The molecule has 2 rings (SSSR count). The quantitative estimate of drug-likeness (QED) is 0.723.